The van der Waals surface area contributed by atoms with Gasteiger partial charge in [0, 0.05) is 24.8 Å². The summed E-state index contributed by atoms with van der Waals surface area (Å²) in [5, 5.41) is 3.62. The summed E-state index contributed by atoms with van der Waals surface area (Å²) in [6, 6.07) is 6.13. The quantitative estimate of drug-likeness (QED) is 0.860. The Labute approximate surface area is 119 Å². The molecule has 4 heteroatoms. The summed E-state index contributed by atoms with van der Waals surface area (Å²) in [6.45, 7) is 3.72. The van der Waals surface area contributed by atoms with E-state index in [-0.39, 0.29) is 5.91 Å². The molecule has 4 nitrogen and oxygen atoms in total. The summed E-state index contributed by atoms with van der Waals surface area (Å²) in [7, 11) is 0. The number of hydrogen-bond acceptors (Lipinski definition) is 3. The number of carbonyl (C=O) groups excluding carboxylic acids is 1. The van der Waals surface area contributed by atoms with Crippen LogP contribution in [0.4, 0.5) is 0 Å². The molecule has 20 heavy (non-hydrogen) atoms. The van der Waals surface area contributed by atoms with Gasteiger partial charge in [0.1, 0.15) is 0 Å². The fraction of sp³-hybridized carbons (Fsp3) is 0.562. The van der Waals surface area contributed by atoms with Crippen LogP contribution in [0.15, 0.2) is 18.2 Å². The van der Waals surface area contributed by atoms with Crippen molar-refractivity contribution >= 4 is 5.91 Å². The number of carbonyl (C=O) groups is 1. The molecule has 0 aromatic heterocycles. The fourth-order valence-corrected chi connectivity index (χ4v) is 3.01. The zero-order valence-corrected chi connectivity index (χ0v) is 11.9. The number of nitrogens with one attached hydrogen (secondary N) is 1. The van der Waals surface area contributed by atoms with Gasteiger partial charge in [0.05, 0.1) is 6.10 Å². The lowest BCUT2D eigenvalue weighted by molar-refractivity contribution is 0.0808. The second-order valence-electron chi connectivity index (χ2n) is 5.95. The van der Waals surface area contributed by atoms with Crippen LogP contribution in [0.5, 0.6) is 0 Å². The summed E-state index contributed by atoms with van der Waals surface area (Å²) < 4.78 is 5.84. The van der Waals surface area contributed by atoms with E-state index < -0.39 is 0 Å². The van der Waals surface area contributed by atoms with Crippen LogP contribution in [0.25, 0.3) is 0 Å². The van der Waals surface area contributed by atoms with Crippen LogP contribution < -0.4 is 11.1 Å². The maximum Gasteiger partial charge on any atom is 0.248 e. The summed E-state index contributed by atoms with van der Waals surface area (Å²) >= 11 is 0. The summed E-state index contributed by atoms with van der Waals surface area (Å²) in [5.41, 5.74) is 8.19. The van der Waals surface area contributed by atoms with Crippen LogP contribution >= 0.6 is 0 Å². The van der Waals surface area contributed by atoms with Gasteiger partial charge in [0.25, 0.3) is 0 Å². The van der Waals surface area contributed by atoms with Gasteiger partial charge in [-0.1, -0.05) is 6.07 Å². The van der Waals surface area contributed by atoms with Crippen molar-refractivity contribution in [3.05, 3.63) is 34.9 Å². The molecule has 1 aromatic rings. The number of rotatable bonds is 5. The first-order valence-corrected chi connectivity index (χ1v) is 7.39. The maximum atomic E-state index is 11.1. The van der Waals surface area contributed by atoms with Gasteiger partial charge in [-0.25, -0.2) is 0 Å². The zero-order valence-electron chi connectivity index (χ0n) is 11.9. The summed E-state index contributed by atoms with van der Waals surface area (Å²) in [4.78, 5) is 11.1. The molecule has 1 aliphatic carbocycles. The van der Waals surface area contributed by atoms with E-state index in [0.29, 0.717) is 17.7 Å². The number of aryl methyl sites for hydroxylation is 1. The molecular weight excluding hydrogens is 252 g/mol. The van der Waals surface area contributed by atoms with E-state index in [1.54, 1.807) is 6.07 Å². The minimum absolute atomic E-state index is 0.370. The second kappa shape index (κ2) is 5.54. The number of hydrogen-bond donors (Lipinski definition) is 2. The highest BCUT2D eigenvalue weighted by Gasteiger charge is 2.40. The minimum atomic E-state index is -0.370. The molecule has 0 radical (unpaired) electrons. The third-order valence-electron chi connectivity index (χ3n) is 4.40. The Morgan fingerprint density at radius 2 is 2.20 bits per heavy atom. The van der Waals surface area contributed by atoms with E-state index in [9.17, 15) is 4.79 Å². The highest BCUT2D eigenvalue weighted by Crippen LogP contribution is 2.38. The molecule has 1 heterocycles. The summed E-state index contributed by atoms with van der Waals surface area (Å²) in [6.07, 6.45) is 4.13. The monoisotopic (exact) mass is 274 g/mol. The lowest BCUT2D eigenvalue weighted by Crippen LogP contribution is -2.37. The van der Waals surface area contributed by atoms with Crippen molar-refractivity contribution in [2.24, 2.45) is 11.7 Å². The highest BCUT2D eigenvalue weighted by atomic mass is 16.5. The molecule has 1 saturated carbocycles. The maximum absolute atomic E-state index is 11.1. The molecule has 108 valence electrons. The second-order valence-corrected chi connectivity index (χ2v) is 5.95. The molecule has 3 rings (SSSR count). The van der Waals surface area contributed by atoms with Gasteiger partial charge in [0.2, 0.25) is 5.91 Å². The van der Waals surface area contributed by atoms with Crippen LogP contribution in [0.2, 0.25) is 0 Å². The van der Waals surface area contributed by atoms with E-state index in [1.807, 2.05) is 19.1 Å². The van der Waals surface area contributed by atoms with Gasteiger partial charge >= 0.3 is 0 Å². The predicted molar refractivity (Wildman–Crippen MR) is 77.4 cm³/mol. The Hall–Kier alpha value is -1.39. The molecule has 1 saturated heterocycles. The van der Waals surface area contributed by atoms with Crippen molar-refractivity contribution in [1.29, 1.82) is 0 Å². The average Bonchev–Trinajstić information content (AvgIpc) is 3.16. The van der Waals surface area contributed by atoms with Gasteiger partial charge in [-0.3, -0.25) is 4.79 Å². The van der Waals surface area contributed by atoms with E-state index in [1.165, 1.54) is 18.4 Å². The third kappa shape index (κ3) is 2.86. The number of benzene rings is 1. The lowest BCUT2D eigenvalue weighted by Gasteiger charge is -2.20. The topological polar surface area (TPSA) is 64.4 Å². The Bertz CT molecular complexity index is 511. The smallest absolute Gasteiger partial charge is 0.248 e. The van der Waals surface area contributed by atoms with Crippen molar-refractivity contribution < 1.29 is 9.53 Å². The average molecular weight is 274 g/mol. The van der Waals surface area contributed by atoms with Crippen molar-refractivity contribution in [2.75, 3.05) is 6.61 Å². The lowest BCUT2D eigenvalue weighted by atomic mass is 10.0. The molecular formula is C16H22N2O2. The third-order valence-corrected chi connectivity index (χ3v) is 4.40. The van der Waals surface area contributed by atoms with E-state index in [4.69, 9.17) is 10.5 Å². The predicted octanol–water partition coefficient (Wildman–Crippen LogP) is 1.75. The molecule has 3 N–H and O–H groups in total. The van der Waals surface area contributed by atoms with E-state index in [0.717, 1.165) is 31.1 Å². The van der Waals surface area contributed by atoms with Crippen LogP contribution in [-0.2, 0) is 11.3 Å². The highest BCUT2D eigenvalue weighted by molar-refractivity contribution is 5.93. The molecule has 2 atom stereocenters. The number of amides is 1. The molecule has 1 aliphatic heterocycles. The van der Waals surface area contributed by atoms with Crippen molar-refractivity contribution in [2.45, 2.75) is 44.9 Å². The molecule has 0 bridgehead atoms. The van der Waals surface area contributed by atoms with Crippen LogP contribution in [0, 0.1) is 12.8 Å². The van der Waals surface area contributed by atoms with Crippen molar-refractivity contribution in [1.82, 2.24) is 5.32 Å². The van der Waals surface area contributed by atoms with Crippen molar-refractivity contribution in [3.8, 4) is 0 Å². The van der Waals surface area contributed by atoms with Gasteiger partial charge in [-0.05, 0) is 55.4 Å². The molecule has 2 aliphatic rings. The normalized spacial score (nSPS) is 25.9. The summed E-state index contributed by atoms with van der Waals surface area (Å²) in [5.74, 6) is 0.402. The molecule has 2 fully saturated rings. The van der Waals surface area contributed by atoms with E-state index in [2.05, 4.69) is 5.32 Å². The van der Waals surface area contributed by atoms with E-state index >= 15 is 0 Å². The zero-order chi connectivity index (χ0) is 14.1. The van der Waals surface area contributed by atoms with Crippen LogP contribution in [0.3, 0.4) is 0 Å². The first-order chi connectivity index (χ1) is 9.65. The largest absolute Gasteiger partial charge is 0.376 e. The molecule has 0 spiro atoms. The minimum Gasteiger partial charge on any atom is -0.376 e. The SMILES string of the molecule is Cc1cc(C(N)=O)ccc1CNC1CCOC1C1CC1. The first kappa shape index (κ1) is 13.6. The van der Waals surface area contributed by atoms with Gasteiger partial charge < -0.3 is 15.8 Å². The standard InChI is InChI=1S/C16H22N2O2/c1-10-8-12(16(17)19)4-5-13(10)9-18-14-6-7-20-15(14)11-2-3-11/h4-5,8,11,14-15,18H,2-3,6-7,9H2,1H3,(H2,17,19). The number of nitrogens with two attached hydrogens (primary N) is 1. The van der Waals surface area contributed by atoms with Gasteiger partial charge in [-0.15, -0.1) is 0 Å². The van der Waals surface area contributed by atoms with Crippen molar-refractivity contribution in [3.63, 3.8) is 0 Å². The molecule has 1 aromatic carbocycles. The Morgan fingerprint density at radius 3 is 2.85 bits per heavy atom. The van der Waals surface area contributed by atoms with Gasteiger partial charge in [0.15, 0.2) is 0 Å². The van der Waals surface area contributed by atoms with Crippen LogP contribution in [-0.4, -0.2) is 24.7 Å². The number of ether oxygens (including phenoxy) is 1. The Morgan fingerprint density at radius 1 is 1.40 bits per heavy atom. The molecule has 2 unspecified atom stereocenters. The fourth-order valence-electron chi connectivity index (χ4n) is 3.01. The molecule has 1 amide bonds. The Kier molecular flexibility index (Phi) is 3.76. The number of primary amides is 1. The Balaban J connectivity index is 1.61. The first-order valence-electron chi connectivity index (χ1n) is 7.39. The van der Waals surface area contributed by atoms with Crippen LogP contribution in [0.1, 0.15) is 40.7 Å². The van der Waals surface area contributed by atoms with Gasteiger partial charge in [-0.2, -0.15) is 0 Å².